The van der Waals surface area contributed by atoms with Gasteiger partial charge in [0.15, 0.2) is 0 Å². The maximum absolute atomic E-state index is 12.3. The van der Waals surface area contributed by atoms with Crippen molar-refractivity contribution in [1.82, 2.24) is 15.5 Å². The van der Waals surface area contributed by atoms with E-state index >= 15 is 0 Å². The Balaban J connectivity index is 0.00000182. The monoisotopic (exact) mass is 435 g/mol. The molecule has 27 heavy (non-hydrogen) atoms. The summed E-state index contributed by atoms with van der Waals surface area (Å²) in [6.07, 6.45) is 5.68. The second kappa shape index (κ2) is 13.0. The van der Waals surface area contributed by atoms with Gasteiger partial charge >= 0.3 is 0 Å². The molecule has 1 aromatic rings. The van der Waals surface area contributed by atoms with Crippen LogP contribution >= 0.6 is 36.2 Å². The third-order valence-corrected chi connectivity index (χ3v) is 6.66. The first-order valence-corrected chi connectivity index (χ1v) is 10.8. The topological polar surface area (TPSA) is 44.4 Å². The third-order valence-electron chi connectivity index (χ3n) is 5.80. The Bertz CT molecular complexity index is 523. The average molecular weight is 436 g/mol. The van der Waals surface area contributed by atoms with Gasteiger partial charge in [0.25, 0.3) is 0 Å². The highest BCUT2D eigenvalue weighted by atomic mass is 35.5. The summed E-state index contributed by atoms with van der Waals surface area (Å²) in [6.45, 7) is 8.66. The van der Waals surface area contributed by atoms with E-state index in [0.717, 1.165) is 32.7 Å². The Morgan fingerprint density at radius 1 is 1.37 bits per heavy atom. The van der Waals surface area contributed by atoms with Gasteiger partial charge in [-0.25, -0.2) is 0 Å². The lowest BCUT2D eigenvalue weighted by molar-refractivity contribution is -0.122. The molecular formula is C20H35Cl2N3OS. The van der Waals surface area contributed by atoms with Gasteiger partial charge in [-0.05, 0) is 74.5 Å². The van der Waals surface area contributed by atoms with Crippen molar-refractivity contribution in [2.45, 2.75) is 45.6 Å². The summed E-state index contributed by atoms with van der Waals surface area (Å²) in [5.74, 6) is 1.99. The zero-order chi connectivity index (χ0) is 17.5. The van der Waals surface area contributed by atoms with Gasteiger partial charge in [0.1, 0.15) is 0 Å². The van der Waals surface area contributed by atoms with E-state index in [1.54, 1.807) is 0 Å². The van der Waals surface area contributed by atoms with Crippen molar-refractivity contribution >= 4 is 42.1 Å². The number of hydrogen-bond acceptors (Lipinski definition) is 4. The number of hydrogen-bond donors (Lipinski definition) is 2. The van der Waals surface area contributed by atoms with E-state index in [1.807, 2.05) is 11.3 Å². The second-order valence-corrected chi connectivity index (χ2v) is 8.95. The number of halogens is 2. The summed E-state index contributed by atoms with van der Waals surface area (Å²) in [6, 6.07) is 4.35. The number of carbonyl (C=O) groups is 1. The molecule has 2 aliphatic rings. The van der Waals surface area contributed by atoms with Crippen molar-refractivity contribution in [3.63, 3.8) is 0 Å². The summed E-state index contributed by atoms with van der Waals surface area (Å²) in [4.78, 5) is 16.3. The molecule has 4 nitrogen and oxygen atoms in total. The fourth-order valence-electron chi connectivity index (χ4n) is 4.24. The zero-order valence-corrected chi connectivity index (χ0v) is 18.8. The van der Waals surface area contributed by atoms with E-state index in [0.29, 0.717) is 24.2 Å². The van der Waals surface area contributed by atoms with Gasteiger partial charge < -0.3 is 10.6 Å². The molecule has 0 saturated carbocycles. The maximum atomic E-state index is 12.3. The maximum Gasteiger partial charge on any atom is 0.220 e. The van der Waals surface area contributed by atoms with E-state index in [1.165, 1.54) is 37.1 Å². The molecule has 3 rings (SSSR count). The Kier molecular flexibility index (Phi) is 11.9. The van der Waals surface area contributed by atoms with Crippen molar-refractivity contribution in [2.24, 2.45) is 17.8 Å². The highest BCUT2D eigenvalue weighted by Crippen LogP contribution is 2.23. The molecule has 2 N–H and O–H groups in total. The molecule has 0 aromatic carbocycles. The predicted octanol–water partition coefficient (Wildman–Crippen LogP) is 3.95. The molecule has 0 radical (unpaired) electrons. The molecule has 0 aliphatic carbocycles. The molecule has 1 amide bonds. The molecule has 156 valence electrons. The highest BCUT2D eigenvalue weighted by molar-refractivity contribution is 7.09. The van der Waals surface area contributed by atoms with Crippen LogP contribution < -0.4 is 10.6 Å². The molecule has 2 fully saturated rings. The molecule has 0 bridgehead atoms. The van der Waals surface area contributed by atoms with Crippen LogP contribution in [-0.4, -0.2) is 43.5 Å². The number of piperidine rings is 2. The fourth-order valence-corrected chi connectivity index (χ4v) is 4.98. The van der Waals surface area contributed by atoms with Crippen LogP contribution in [0.4, 0.5) is 0 Å². The van der Waals surface area contributed by atoms with Gasteiger partial charge in [-0.15, -0.1) is 36.2 Å². The second-order valence-electron chi connectivity index (χ2n) is 7.91. The van der Waals surface area contributed by atoms with Gasteiger partial charge in [0.05, 0.1) is 0 Å². The number of nitrogens with zero attached hydrogens (tertiary/aromatic N) is 1. The molecule has 3 atom stereocenters. The largest absolute Gasteiger partial charge is 0.356 e. The molecule has 2 saturated heterocycles. The van der Waals surface area contributed by atoms with Crippen LogP contribution in [0.3, 0.4) is 0 Å². The van der Waals surface area contributed by atoms with Gasteiger partial charge in [0, 0.05) is 30.9 Å². The summed E-state index contributed by atoms with van der Waals surface area (Å²) >= 11 is 1.84. The lowest BCUT2D eigenvalue weighted by atomic mass is 9.85. The number of amides is 1. The lowest BCUT2D eigenvalue weighted by Gasteiger charge is -2.32. The van der Waals surface area contributed by atoms with E-state index in [4.69, 9.17) is 0 Å². The van der Waals surface area contributed by atoms with Gasteiger partial charge in [-0.1, -0.05) is 13.0 Å². The predicted molar refractivity (Wildman–Crippen MR) is 119 cm³/mol. The van der Waals surface area contributed by atoms with E-state index < -0.39 is 0 Å². The van der Waals surface area contributed by atoms with E-state index in [2.05, 4.69) is 40.0 Å². The Labute approximate surface area is 180 Å². The van der Waals surface area contributed by atoms with Crippen molar-refractivity contribution in [1.29, 1.82) is 0 Å². The SMILES string of the molecule is CC(CC(=O)NCC1CCCN(Cc2cccs2)C1)C1CCCNC1.Cl.Cl. The molecule has 0 spiro atoms. The summed E-state index contributed by atoms with van der Waals surface area (Å²) in [7, 11) is 0. The molecule has 3 unspecified atom stereocenters. The fraction of sp³-hybridized carbons (Fsp3) is 0.750. The summed E-state index contributed by atoms with van der Waals surface area (Å²) < 4.78 is 0. The van der Waals surface area contributed by atoms with Gasteiger partial charge in [-0.3, -0.25) is 9.69 Å². The minimum Gasteiger partial charge on any atom is -0.356 e. The minimum absolute atomic E-state index is 0. The van der Waals surface area contributed by atoms with E-state index in [9.17, 15) is 4.79 Å². The van der Waals surface area contributed by atoms with Crippen LogP contribution in [0.1, 0.15) is 43.9 Å². The number of thiophene rings is 1. The Hall–Kier alpha value is -0.330. The van der Waals surface area contributed by atoms with Crippen molar-refractivity contribution in [3.8, 4) is 0 Å². The molecule has 7 heteroatoms. The van der Waals surface area contributed by atoms with Crippen molar-refractivity contribution in [3.05, 3.63) is 22.4 Å². The van der Waals surface area contributed by atoms with Gasteiger partial charge in [0.2, 0.25) is 5.91 Å². The summed E-state index contributed by atoms with van der Waals surface area (Å²) in [5.41, 5.74) is 0. The Morgan fingerprint density at radius 2 is 2.22 bits per heavy atom. The van der Waals surface area contributed by atoms with Crippen LogP contribution in [0.25, 0.3) is 0 Å². The molecule has 2 aliphatic heterocycles. The molecule has 1 aromatic heterocycles. The minimum atomic E-state index is 0. The first-order chi connectivity index (χ1) is 12.2. The highest BCUT2D eigenvalue weighted by Gasteiger charge is 2.24. The van der Waals surface area contributed by atoms with Crippen LogP contribution in [-0.2, 0) is 11.3 Å². The van der Waals surface area contributed by atoms with Crippen molar-refractivity contribution in [2.75, 3.05) is 32.7 Å². The smallest absolute Gasteiger partial charge is 0.220 e. The number of likely N-dealkylation sites (tertiary alicyclic amines) is 1. The quantitative estimate of drug-likeness (QED) is 0.681. The summed E-state index contributed by atoms with van der Waals surface area (Å²) in [5, 5.41) is 8.83. The molecule has 3 heterocycles. The van der Waals surface area contributed by atoms with Crippen LogP contribution in [0.2, 0.25) is 0 Å². The molecular weight excluding hydrogens is 401 g/mol. The van der Waals surface area contributed by atoms with Crippen LogP contribution in [0, 0.1) is 17.8 Å². The normalized spacial score (nSPS) is 24.3. The van der Waals surface area contributed by atoms with Crippen molar-refractivity contribution < 1.29 is 4.79 Å². The van der Waals surface area contributed by atoms with Crippen LogP contribution in [0.15, 0.2) is 17.5 Å². The number of rotatable bonds is 7. The number of carbonyl (C=O) groups excluding carboxylic acids is 1. The number of nitrogens with one attached hydrogen (secondary N) is 2. The first kappa shape index (κ1) is 24.7. The average Bonchev–Trinajstić information content (AvgIpc) is 3.14. The lowest BCUT2D eigenvalue weighted by Crippen LogP contribution is -2.41. The van der Waals surface area contributed by atoms with Gasteiger partial charge in [-0.2, -0.15) is 0 Å². The third kappa shape index (κ3) is 8.28. The standard InChI is InChI=1S/C20H33N3OS.2ClH/c1-16(18-6-2-8-21-13-18)11-20(24)22-12-17-5-3-9-23(14-17)15-19-7-4-10-25-19;;/h4,7,10,16-18,21H,2-3,5-6,8-9,11-15H2,1H3,(H,22,24);2*1H. The first-order valence-electron chi connectivity index (χ1n) is 9.93. The van der Waals surface area contributed by atoms with E-state index in [-0.39, 0.29) is 30.7 Å². The van der Waals surface area contributed by atoms with Crippen LogP contribution in [0.5, 0.6) is 0 Å². The Morgan fingerprint density at radius 3 is 2.93 bits per heavy atom. The zero-order valence-electron chi connectivity index (χ0n) is 16.3.